The molecule has 3 unspecified atom stereocenters. The molecule has 0 aromatic heterocycles. The van der Waals surface area contributed by atoms with E-state index < -0.39 is 28.9 Å². The number of fused-ring (bicyclic) bond motifs is 2. The summed E-state index contributed by atoms with van der Waals surface area (Å²) < 4.78 is 5.76. The van der Waals surface area contributed by atoms with E-state index in [9.17, 15) is 9.59 Å². The molecule has 2 aliphatic heterocycles. The first-order chi connectivity index (χ1) is 15.8. The highest BCUT2D eigenvalue weighted by Crippen LogP contribution is 2.54. The normalized spacial score (nSPS) is 23.7. The summed E-state index contributed by atoms with van der Waals surface area (Å²) in [6.45, 7) is 5.49. The molecule has 0 radical (unpaired) electrons. The number of amides is 1. The highest BCUT2D eigenvalue weighted by molar-refractivity contribution is 6.27. The van der Waals surface area contributed by atoms with Gasteiger partial charge in [-0.15, -0.1) is 0 Å². The number of rotatable bonds is 3. The van der Waals surface area contributed by atoms with Crippen molar-refractivity contribution in [3.05, 3.63) is 102 Å². The number of hydrogen-bond donors (Lipinski definition) is 1. The van der Waals surface area contributed by atoms with Crippen LogP contribution in [0.4, 0.5) is 5.69 Å². The van der Waals surface area contributed by atoms with Crippen LogP contribution in [-0.4, -0.2) is 29.2 Å². The van der Waals surface area contributed by atoms with Gasteiger partial charge in [0, 0.05) is 11.5 Å². The monoisotopic (exact) mass is 438 g/mol. The van der Waals surface area contributed by atoms with E-state index in [1.807, 2.05) is 106 Å². The minimum absolute atomic E-state index is 0.236. The Labute approximate surface area is 193 Å². The lowest BCUT2D eigenvalue weighted by Crippen LogP contribution is -2.45. The molecule has 33 heavy (non-hydrogen) atoms. The number of nitrogens with one attached hydrogen (secondary N) is 1. The number of nitrogens with zero attached hydrogens (tertiary/aromatic N) is 1. The van der Waals surface area contributed by atoms with Crippen molar-refractivity contribution in [2.24, 2.45) is 4.99 Å². The van der Waals surface area contributed by atoms with Gasteiger partial charge in [0.2, 0.25) is 5.91 Å². The van der Waals surface area contributed by atoms with E-state index in [0.717, 1.165) is 22.4 Å². The van der Waals surface area contributed by atoms with Crippen molar-refractivity contribution in [2.45, 2.75) is 43.7 Å². The Morgan fingerprint density at radius 3 is 2.18 bits per heavy atom. The van der Waals surface area contributed by atoms with Crippen molar-refractivity contribution in [3.8, 4) is 0 Å². The van der Waals surface area contributed by atoms with Crippen molar-refractivity contribution in [1.82, 2.24) is 5.32 Å². The van der Waals surface area contributed by atoms with Crippen molar-refractivity contribution < 1.29 is 14.3 Å². The van der Waals surface area contributed by atoms with E-state index in [0.29, 0.717) is 5.71 Å². The van der Waals surface area contributed by atoms with Gasteiger partial charge in [0.15, 0.2) is 0 Å². The van der Waals surface area contributed by atoms with E-state index in [2.05, 4.69) is 5.32 Å². The number of aliphatic imine (C=N–C) groups is 1. The Bertz CT molecular complexity index is 1240. The predicted octanol–water partition coefficient (Wildman–Crippen LogP) is 4.68. The third-order valence-corrected chi connectivity index (χ3v) is 6.25. The summed E-state index contributed by atoms with van der Waals surface area (Å²) in [6, 6.07) is 26.3. The van der Waals surface area contributed by atoms with Crippen LogP contribution in [0.1, 0.15) is 43.4 Å². The van der Waals surface area contributed by atoms with Gasteiger partial charge in [-0.3, -0.25) is 9.79 Å². The van der Waals surface area contributed by atoms with Crippen LogP contribution >= 0.6 is 0 Å². The molecule has 0 saturated carbocycles. The zero-order valence-electron chi connectivity index (χ0n) is 18.9. The van der Waals surface area contributed by atoms with Gasteiger partial charge in [0.1, 0.15) is 17.1 Å². The van der Waals surface area contributed by atoms with Crippen LogP contribution in [0, 0.1) is 0 Å². The molecule has 0 bridgehead atoms. The van der Waals surface area contributed by atoms with Crippen molar-refractivity contribution in [1.29, 1.82) is 0 Å². The van der Waals surface area contributed by atoms with Crippen LogP contribution in [0.2, 0.25) is 0 Å². The van der Waals surface area contributed by atoms with Gasteiger partial charge >= 0.3 is 5.97 Å². The molecule has 1 spiro atoms. The van der Waals surface area contributed by atoms with Gasteiger partial charge in [-0.2, -0.15) is 0 Å². The van der Waals surface area contributed by atoms with Crippen LogP contribution in [0.15, 0.2) is 89.9 Å². The molecule has 3 aromatic rings. The molecular weight excluding hydrogens is 412 g/mol. The lowest BCUT2D eigenvalue weighted by molar-refractivity contribution is -0.157. The quantitative estimate of drug-likeness (QED) is 0.604. The standard InChI is InChI=1S/C28H26N2O3/c1-27(2,3)33-25(31)23-22(18-12-6-4-7-13-18)28(26(32)30-23)20-16-10-11-17-21(20)29-24(28)19-14-8-5-9-15-19/h4-17,22-23H,1-3H3,(H,30,32). The molecule has 5 rings (SSSR count). The molecule has 1 saturated heterocycles. The van der Waals surface area contributed by atoms with Gasteiger partial charge < -0.3 is 10.1 Å². The third-order valence-electron chi connectivity index (χ3n) is 6.25. The number of ether oxygens (including phenoxy) is 1. The molecule has 5 heteroatoms. The fraction of sp³-hybridized carbons (Fsp3) is 0.250. The zero-order valence-corrected chi connectivity index (χ0v) is 18.9. The fourth-order valence-corrected chi connectivity index (χ4v) is 5.07. The van der Waals surface area contributed by atoms with Gasteiger partial charge in [-0.1, -0.05) is 78.9 Å². The molecule has 166 valence electrons. The molecule has 3 atom stereocenters. The summed E-state index contributed by atoms with van der Waals surface area (Å²) >= 11 is 0. The van der Waals surface area contributed by atoms with E-state index in [1.165, 1.54) is 0 Å². The van der Waals surface area contributed by atoms with E-state index in [1.54, 1.807) is 0 Å². The molecule has 2 aliphatic rings. The van der Waals surface area contributed by atoms with E-state index >= 15 is 0 Å². The topological polar surface area (TPSA) is 67.8 Å². The van der Waals surface area contributed by atoms with Crippen LogP contribution in [0.25, 0.3) is 0 Å². The minimum Gasteiger partial charge on any atom is -0.458 e. The Balaban J connectivity index is 1.77. The molecule has 3 aromatic carbocycles. The number of para-hydroxylation sites is 1. The Morgan fingerprint density at radius 1 is 0.909 bits per heavy atom. The highest BCUT2D eigenvalue weighted by Gasteiger charge is 2.64. The van der Waals surface area contributed by atoms with Crippen LogP contribution in [0.3, 0.4) is 0 Å². The third kappa shape index (κ3) is 3.35. The number of hydrogen-bond acceptors (Lipinski definition) is 4. The van der Waals surface area contributed by atoms with Gasteiger partial charge in [0.05, 0.1) is 11.4 Å². The number of benzene rings is 3. The summed E-state index contributed by atoms with van der Waals surface area (Å²) in [5.74, 6) is -1.21. The number of carbonyl (C=O) groups excluding carboxylic acids is 2. The van der Waals surface area contributed by atoms with Crippen LogP contribution in [-0.2, 0) is 19.7 Å². The maximum absolute atomic E-state index is 14.0. The van der Waals surface area contributed by atoms with Crippen molar-refractivity contribution in [3.63, 3.8) is 0 Å². The second-order valence-corrected chi connectivity index (χ2v) is 9.52. The molecular formula is C28H26N2O3. The number of carbonyl (C=O) groups is 2. The first-order valence-corrected chi connectivity index (χ1v) is 11.2. The molecule has 1 amide bonds. The molecule has 0 aliphatic carbocycles. The maximum atomic E-state index is 14.0. The Hall–Kier alpha value is -3.73. The minimum atomic E-state index is -1.15. The first kappa shape index (κ1) is 21.1. The molecule has 1 N–H and O–H groups in total. The summed E-state index contributed by atoms with van der Waals surface area (Å²) in [5.41, 5.74) is 2.12. The summed E-state index contributed by atoms with van der Waals surface area (Å²) in [7, 11) is 0. The smallest absolute Gasteiger partial charge is 0.329 e. The predicted molar refractivity (Wildman–Crippen MR) is 128 cm³/mol. The Morgan fingerprint density at radius 2 is 1.52 bits per heavy atom. The van der Waals surface area contributed by atoms with Gasteiger partial charge in [-0.05, 0) is 38.0 Å². The summed E-state index contributed by atoms with van der Waals surface area (Å²) in [5, 5.41) is 3.00. The van der Waals surface area contributed by atoms with E-state index in [-0.39, 0.29) is 5.91 Å². The summed E-state index contributed by atoms with van der Waals surface area (Å²) in [4.78, 5) is 32.4. The molecule has 1 fully saturated rings. The first-order valence-electron chi connectivity index (χ1n) is 11.2. The zero-order chi connectivity index (χ0) is 23.2. The van der Waals surface area contributed by atoms with E-state index in [4.69, 9.17) is 9.73 Å². The van der Waals surface area contributed by atoms with Gasteiger partial charge in [0.25, 0.3) is 0 Å². The fourth-order valence-electron chi connectivity index (χ4n) is 5.07. The average molecular weight is 439 g/mol. The van der Waals surface area contributed by atoms with Crippen molar-refractivity contribution in [2.75, 3.05) is 0 Å². The largest absolute Gasteiger partial charge is 0.458 e. The SMILES string of the molecule is CC(C)(C)OC(=O)C1NC(=O)C2(C(c3ccccc3)=Nc3ccccc32)C1c1ccccc1. The highest BCUT2D eigenvalue weighted by atomic mass is 16.6. The van der Waals surface area contributed by atoms with Gasteiger partial charge in [-0.25, -0.2) is 4.79 Å². The number of esters is 1. The summed E-state index contributed by atoms with van der Waals surface area (Å²) in [6.07, 6.45) is 0. The maximum Gasteiger partial charge on any atom is 0.329 e. The molecule has 5 nitrogen and oxygen atoms in total. The van der Waals surface area contributed by atoms with Crippen LogP contribution in [0.5, 0.6) is 0 Å². The Kier molecular flexibility index (Phi) is 4.93. The molecule has 2 heterocycles. The second-order valence-electron chi connectivity index (χ2n) is 9.52. The van der Waals surface area contributed by atoms with Crippen molar-refractivity contribution >= 4 is 23.3 Å². The lowest BCUT2D eigenvalue weighted by atomic mass is 9.64. The average Bonchev–Trinajstić information content (AvgIpc) is 3.30. The van der Waals surface area contributed by atoms with Crippen LogP contribution < -0.4 is 5.32 Å². The second kappa shape index (κ2) is 7.69. The lowest BCUT2D eigenvalue weighted by Gasteiger charge is -2.33.